The second kappa shape index (κ2) is 5.70. The van der Waals surface area contributed by atoms with Crippen molar-refractivity contribution >= 4 is 0 Å². The zero-order valence-electron chi connectivity index (χ0n) is 7.61. The molecule has 3 heteroatoms. The third-order valence-electron chi connectivity index (χ3n) is 1.92. The van der Waals surface area contributed by atoms with Gasteiger partial charge in [-0.25, -0.2) is 0 Å². The Morgan fingerprint density at radius 3 is 2.54 bits per heavy atom. The van der Waals surface area contributed by atoms with E-state index in [1.54, 1.807) is 0 Å². The van der Waals surface area contributed by atoms with Crippen molar-refractivity contribution in [1.29, 1.82) is 0 Å². The van der Waals surface area contributed by atoms with E-state index in [1.165, 1.54) is 0 Å². The molecule has 0 aliphatic rings. The van der Waals surface area contributed by atoms with Crippen LogP contribution in [0.4, 0.5) is 0 Å². The molecule has 0 saturated carbocycles. The summed E-state index contributed by atoms with van der Waals surface area (Å²) in [6.45, 7) is 1.41. The molecular formula is C10H16N2O. The van der Waals surface area contributed by atoms with E-state index in [2.05, 4.69) is 5.32 Å². The predicted octanol–water partition coefficient (Wildman–Crippen LogP) is 0.268. The van der Waals surface area contributed by atoms with Gasteiger partial charge in [0.2, 0.25) is 0 Å². The van der Waals surface area contributed by atoms with Gasteiger partial charge in [0.05, 0.1) is 12.6 Å². The Bertz CT molecular complexity index is 226. The van der Waals surface area contributed by atoms with Gasteiger partial charge in [-0.05, 0) is 5.56 Å². The van der Waals surface area contributed by atoms with E-state index < -0.39 is 0 Å². The molecule has 4 N–H and O–H groups in total. The number of rotatable bonds is 5. The van der Waals surface area contributed by atoms with E-state index in [9.17, 15) is 0 Å². The molecule has 0 amide bonds. The molecule has 0 saturated heterocycles. The van der Waals surface area contributed by atoms with Crippen molar-refractivity contribution in [1.82, 2.24) is 5.32 Å². The number of hydrogen-bond donors (Lipinski definition) is 3. The molecule has 1 aromatic carbocycles. The van der Waals surface area contributed by atoms with Crippen LogP contribution in [0.1, 0.15) is 11.6 Å². The van der Waals surface area contributed by atoms with E-state index >= 15 is 0 Å². The van der Waals surface area contributed by atoms with Crippen LogP contribution in [-0.2, 0) is 0 Å². The molecule has 3 nitrogen and oxygen atoms in total. The summed E-state index contributed by atoms with van der Waals surface area (Å²) >= 11 is 0. The van der Waals surface area contributed by atoms with Crippen LogP contribution < -0.4 is 11.1 Å². The summed E-state index contributed by atoms with van der Waals surface area (Å²) in [5, 5.41) is 12.3. The van der Waals surface area contributed by atoms with Crippen LogP contribution in [0.2, 0.25) is 0 Å². The first-order valence-electron chi connectivity index (χ1n) is 4.47. The van der Waals surface area contributed by atoms with Crippen molar-refractivity contribution in [3.8, 4) is 0 Å². The molecule has 1 atom stereocenters. The molecule has 13 heavy (non-hydrogen) atoms. The largest absolute Gasteiger partial charge is 0.394 e. The highest BCUT2D eigenvalue weighted by Gasteiger charge is 2.07. The average Bonchev–Trinajstić information content (AvgIpc) is 2.21. The summed E-state index contributed by atoms with van der Waals surface area (Å²) < 4.78 is 0. The summed E-state index contributed by atoms with van der Waals surface area (Å²) in [5.41, 5.74) is 6.46. The van der Waals surface area contributed by atoms with Crippen LogP contribution in [-0.4, -0.2) is 24.8 Å². The monoisotopic (exact) mass is 180 g/mol. The van der Waals surface area contributed by atoms with Crippen LogP contribution in [0.3, 0.4) is 0 Å². The van der Waals surface area contributed by atoms with Crippen LogP contribution in [0.25, 0.3) is 0 Å². The van der Waals surface area contributed by atoms with Gasteiger partial charge < -0.3 is 16.2 Å². The Kier molecular flexibility index (Phi) is 4.46. The third kappa shape index (κ3) is 3.14. The minimum absolute atomic E-state index is 0.00440. The Balaban J connectivity index is 2.56. The van der Waals surface area contributed by atoms with Gasteiger partial charge in [0, 0.05) is 13.1 Å². The lowest BCUT2D eigenvalue weighted by atomic mass is 10.1. The fourth-order valence-corrected chi connectivity index (χ4v) is 1.23. The molecule has 0 heterocycles. The first-order valence-corrected chi connectivity index (χ1v) is 4.47. The number of hydrogen-bond acceptors (Lipinski definition) is 3. The molecule has 72 valence electrons. The van der Waals surface area contributed by atoms with Crippen molar-refractivity contribution in [2.45, 2.75) is 6.04 Å². The summed E-state index contributed by atoms with van der Waals surface area (Å²) in [5.74, 6) is 0. The highest BCUT2D eigenvalue weighted by Crippen LogP contribution is 2.10. The van der Waals surface area contributed by atoms with Crippen LogP contribution in [0, 0.1) is 0 Å². The quantitative estimate of drug-likeness (QED) is 0.609. The Labute approximate surface area is 78.6 Å². The lowest BCUT2D eigenvalue weighted by molar-refractivity contribution is 0.245. The van der Waals surface area contributed by atoms with E-state index in [-0.39, 0.29) is 12.6 Å². The molecule has 0 fully saturated rings. The first kappa shape index (κ1) is 10.2. The van der Waals surface area contributed by atoms with E-state index in [0.29, 0.717) is 6.54 Å². The van der Waals surface area contributed by atoms with Gasteiger partial charge in [0.1, 0.15) is 0 Å². The summed E-state index contributed by atoms with van der Waals surface area (Å²) in [7, 11) is 0. The Morgan fingerprint density at radius 2 is 2.00 bits per heavy atom. The Morgan fingerprint density at radius 1 is 1.31 bits per heavy atom. The van der Waals surface area contributed by atoms with E-state index in [1.807, 2.05) is 30.3 Å². The highest BCUT2D eigenvalue weighted by molar-refractivity contribution is 5.18. The van der Waals surface area contributed by atoms with Crippen molar-refractivity contribution in [2.24, 2.45) is 5.73 Å². The first-order chi connectivity index (χ1) is 6.38. The van der Waals surface area contributed by atoms with Crippen LogP contribution >= 0.6 is 0 Å². The Hall–Kier alpha value is -0.900. The van der Waals surface area contributed by atoms with Crippen molar-refractivity contribution < 1.29 is 5.11 Å². The van der Waals surface area contributed by atoms with Crippen LogP contribution in [0.5, 0.6) is 0 Å². The lowest BCUT2D eigenvalue weighted by Crippen LogP contribution is -2.29. The van der Waals surface area contributed by atoms with Crippen molar-refractivity contribution in [3.63, 3.8) is 0 Å². The maximum absolute atomic E-state index is 9.10. The maximum Gasteiger partial charge on any atom is 0.0626 e. The molecule has 1 aromatic rings. The van der Waals surface area contributed by atoms with E-state index in [4.69, 9.17) is 10.8 Å². The summed E-state index contributed by atoms with van der Waals surface area (Å²) in [4.78, 5) is 0. The van der Waals surface area contributed by atoms with Gasteiger partial charge in [0.15, 0.2) is 0 Å². The van der Waals surface area contributed by atoms with Gasteiger partial charge in [-0.3, -0.25) is 0 Å². The lowest BCUT2D eigenvalue weighted by Gasteiger charge is -2.15. The molecule has 1 rings (SSSR count). The predicted molar refractivity (Wildman–Crippen MR) is 53.3 cm³/mol. The molecule has 0 aliphatic carbocycles. The molecular weight excluding hydrogens is 164 g/mol. The molecule has 0 bridgehead atoms. The van der Waals surface area contributed by atoms with Gasteiger partial charge >= 0.3 is 0 Å². The number of aliphatic hydroxyl groups is 1. The molecule has 0 aromatic heterocycles. The van der Waals surface area contributed by atoms with Crippen LogP contribution in [0.15, 0.2) is 30.3 Å². The van der Waals surface area contributed by atoms with Gasteiger partial charge in [-0.1, -0.05) is 30.3 Å². The third-order valence-corrected chi connectivity index (χ3v) is 1.92. The fraction of sp³-hybridized carbons (Fsp3) is 0.400. The van der Waals surface area contributed by atoms with Gasteiger partial charge in [-0.2, -0.15) is 0 Å². The maximum atomic E-state index is 9.10. The second-order valence-corrected chi connectivity index (χ2v) is 2.89. The van der Waals surface area contributed by atoms with E-state index in [0.717, 1.165) is 12.1 Å². The standard InChI is InChI=1S/C10H16N2O/c11-6-7-12-10(8-13)9-4-2-1-3-5-9/h1-5,10,12-13H,6-8,11H2/t10-/m1/s1. The molecule has 0 radical (unpaired) electrons. The molecule has 0 aliphatic heterocycles. The highest BCUT2D eigenvalue weighted by atomic mass is 16.3. The minimum Gasteiger partial charge on any atom is -0.394 e. The fourth-order valence-electron chi connectivity index (χ4n) is 1.23. The van der Waals surface area contributed by atoms with Gasteiger partial charge in [-0.15, -0.1) is 0 Å². The molecule has 0 spiro atoms. The SMILES string of the molecule is NCCN[C@H](CO)c1ccccc1. The zero-order valence-corrected chi connectivity index (χ0v) is 7.61. The van der Waals surface area contributed by atoms with Crippen molar-refractivity contribution in [3.05, 3.63) is 35.9 Å². The van der Waals surface area contributed by atoms with Gasteiger partial charge in [0.25, 0.3) is 0 Å². The zero-order chi connectivity index (χ0) is 9.52. The minimum atomic E-state index is 0.00440. The summed E-state index contributed by atoms with van der Waals surface area (Å²) in [6, 6.07) is 9.87. The normalized spacial score (nSPS) is 12.8. The number of benzene rings is 1. The number of nitrogens with two attached hydrogens (primary N) is 1. The molecule has 0 unspecified atom stereocenters. The van der Waals surface area contributed by atoms with Crippen molar-refractivity contribution in [2.75, 3.05) is 19.7 Å². The second-order valence-electron chi connectivity index (χ2n) is 2.89. The summed E-state index contributed by atoms with van der Waals surface area (Å²) in [6.07, 6.45) is 0. The topological polar surface area (TPSA) is 58.3 Å². The number of nitrogens with one attached hydrogen (secondary N) is 1. The number of aliphatic hydroxyl groups excluding tert-OH is 1. The smallest absolute Gasteiger partial charge is 0.0626 e. The average molecular weight is 180 g/mol.